The molecule has 1 rings (SSSR count). The predicted octanol–water partition coefficient (Wildman–Crippen LogP) is 1.95. The highest BCUT2D eigenvalue weighted by Crippen LogP contribution is 1.98. The van der Waals surface area contributed by atoms with Gasteiger partial charge in [-0.3, -0.25) is 0 Å². The molecule has 0 spiro atoms. The maximum Gasteiger partial charge on any atom is 0.0946 e. The molecule has 0 aliphatic rings. The van der Waals surface area contributed by atoms with E-state index in [9.17, 15) is 0 Å². The van der Waals surface area contributed by atoms with Crippen LogP contribution >= 0.6 is 0 Å². The van der Waals surface area contributed by atoms with Crippen molar-refractivity contribution >= 4 is 0 Å². The van der Waals surface area contributed by atoms with Crippen molar-refractivity contribution < 1.29 is 4.74 Å². The van der Waals surface area contributed by atoms with Crippen molar-refractivity contribution in [3.8, 4) is 0 Å². The Labute approximate surface area is 79.7 Å². The van der Waals surface area contributed by atoms with Crippen LogP contribution in [-0.2, 0) is 11.3 Å². The third-order valence-corrected chi connectivity index (χ3v) is 1.89. The van der Waals surface area contributed by atoms with Crippen molar-refractivity contribution in [2.45, 2.75) is 26.8 Å². The normalized spacial score (nSPS) is 11.0. The van der Waals surface area contributed by atoms with E-state index < -0.39 is 0 Å². The second-order valence-electron chi connectivity index (χ2n) is 3.60. The first kappa shape index (κ1) is 10.3. The van der Waals surface area contributed by atoms with Gasteiger partial charge in [-0.1, -0.05) is 13.8 Å². The van der Waals surface area contributed by atoms with Crippen molar-refractivity contribution in [3.05, 3.63) is 18.7 Å². The molecule has 13 heavy (non-hydrogen) atoms. The fourth-order valence-corrected chi connectivity index (χ4v) is 1.01. The Kier molecular flexibility index (Phi) is 4.54. The molecule has 0 saturated carbocycles. The summed E-state index contributed by atoms with van der Waals surface area (Å²) >= 11 is 0. The first-order chi connectivity index (χ1) is 6.29. The Morgan fingerprint density at radius 3 is 2.85 bits per heavy atom. The van der Waals surface area contributed by atoms with Crippen molar-refractivity contribution in [1.82, 2.24) is 9.55 Å². The van der Waals surface area contributed by atoms with Crippen LogP contribution in [0.5, 0.6) is 0 Å². The zero-order valence-electron chi connectivity index (χ0n) is 8.44. The van der Waals surface area contributed by atoms with E-state index in [1.54, 1.807) is 6.20 Å². The van der Waals surface area contributed by atoms with E-state index in [1.165, 1.54) is 0 Å². The van der Waals surface area contributed by atoms with Crippen LogP contribution in [0.4, 0.5) is 0 Å². The maximum absolute atomic E-state index is 5.47. The number of hydrogen-bond donors (Lipinski definition) is 0. The van der Waals surface area contributed by atoms with Gasteiger partial charge in [-0.25, -0.2) is 4.98 Å². The molecule has 3 nitrogen and oxygen atoms in total. The molecule has 3 heteroatoms. The van der Waals surface area contributed by atoms with Crippen LogP contribution in [0.3, 0.4) is 0 Å². The molecular weight excluding hydrogens is 164 g/mol. The monoisotopic (exact) mass is 182 g/mol. The van der Waals surface area contributed by atoms with Gasteiger partial charge in [0.15, 0.2) is 0 Å². The Balaban J connectivity index is 1.96. The SMILES string of the molecule is CC(C)CCOCCn1ccnc1. The molecule has 0 fully saturated rings. The smallest absolute Gasteiger partial charge is 0.0946 e. The number of aromatic nitrogens is 2. The van der Waals surface area contributed by atoms with Crippen LogP contribution in [0.2, 0.25) is 0 Å². The van der Waals surface area contributed by atoms with Gasteiger partial charge in [0.05, 0.1) is 12.9 Å². The van der Waals surface area contributed by atoms with Gasteiger partial charge in [0.1, 0.15) is 0 Å². The van der Waals surface area contributed by atoms with E-state index in [-0.39, 0.29) is 0 Å². The number of ether oxygens (including phenoxy) is 1. The van der Waals surface area contributed by atoms with E-state index in [0.717, 1.165) is 32.1 Å². The van der Waals surface area contributed by atoms with Gasteiger partial charge in [-0.05, 0) is 12.3 Å². The van der Waals surface area contributed by atoms with Crippen molar-refractivity contribution in [2.75, 3.05) is 13.2 Å². The van der Waals surface area contributed by atoms with Gasteiger partial charge in [0.25, 0.3) is 0 Å². The molecule has 0 radical (unpaired) electrons. The lowest BCUT2D eigenvalue weighted by molar-refractivity contribution is 0.116. The number of imidazole rings is 1. The summed E-state index contributed by atoms with van der Waals surface area (Å²) in [5.41, 5.74) is 0. The zero-order valence-corrected chi connectivity index (χ0v) is 8.44. The van der Waals surface area contributed by atoms with Crippen LogP contribution < -0.4 is 0 Å². The van der Waals surface area contributed by atoms with Crippen LogP contribution in [0, 0.1) is 5.92 Å². The largest absolute Gasteiger partial charge is 0.380 e. The van der Waals surface area contributed by atoms with Crippen LogP contribution in [0.15, 0.2) is 18.7 Å². The third-order valence-electron chi connectivity index (χ3n) is 1.89. The van der Waals surface area contributed by atoms with Gasteiger partial charge in [0, 0.05) is 25.5 Å². The molecule has 0 amide bonds. The first-order valence-electron chi connectivity index (χ1n) is 4.82. The van der Waals surface area contributed by atoms with Gasteiger partial charge in [0.2, 0.25) is 0 Å². The fraction of sp³-hybridized carbons (Fsp3) is 0.700. The molecule has 0 aromatic carbocycles. The van der Waals surface area contributed by atoms with Gasteiger partial charge < -0.3 is 9.30 Å². The summed E-state index contributed by atoms with van der Waals surface area (Å²) in [6.45, 7) is 6.96. The van der Waals surface area contributed by atoms with E-state index in [4.69, 9.17) is 4.74 Å². The van der Waals surface area contributed by atoms with Crippen molar-refractivity contribution in [3.63, 3.8) is 0 Å². The van der Waals surface area contributed by atoms with E-state index in [2.05, 4.69) is 18.8 Å². The van der Waals surface area contributed by atoms with Gasteiger partial charge in [-0.15, -0.1) is 0 Å². The molecular formula is C10H18N2O. The molecule has 0 N–H and O–H groups in total. The van der Waals surface area contributed by atoms with E-state index in [0.29, 0.717) is 0 Å². The summed E-state index contributed by atoms with van der Waals surface area (Å²) in [5, 5.41) is 0. The quantitative estimate of drug-likeness (QED) is 0.629. The highest BCUT2D eigenvalue weighted by Gasteiger charge is 1.94. The summed E-state index contributed by atoms with van der Waals surface area (Å²) in [7, 11) is 0. The first-order valence-corrected chi connectivity index (χ1v) is 4.82. The van der Waals surface area contributed by atoms with Gasteiger partial charge >= 0.3 is 0 Å². The maximum atomic E-state index is 5.47. The molecule has 0 unspecified atom stereocenters. The summed E-state index contributed by atoms with van der Waals surface area (Å²) in [4.78, 5) is 3.96. The average molecular weight is 182 g/mol. The standard InChI is InChI=1S/C10H18N2O/c1-10(2)3-7-13-8-6-12-5-4-11-9-12/h4-5,9-10H,3,6-8H2,1-2H3. The third kappa shape index (κ3) is 4.68. The summed E-state index contributed by atoms with van der Waals surface area (Å²) < 4.78 is 7.49. The molecule has 0 saturated heterocycles. The van der Waals surface area contributed by atoms with Crippen molar-refractivity contribution in [1.29, 1.82) is 0 Å². The zero-order chi connectivity index (χ0) is 9.52. The predicted molar refractivity (Wildman–Crippen MR) is 52.5 cm³/mol. The van der Waals surface area contributed by atoms with E-state index in [1.807, 2.05) is 17.1 Å². The molecule has 1 aromatic heterocycles. The summed E-state index contributed by atoms with van der Waals surface area (Å²) in [6.07, 6.45) is 6.69. The Morgan fingerprint density at radius 1 is 1.38 bits per heavy atom. The molecule has 0 aliphatic carbocycles. The molecule has 1 heterocycles. The van der Waals surface area contributed by atoms with Crippen molar-refractivity contribution in [2.24, 2.45) is 5.92 Å². The second kappa shape index (κ2) is 5.75. The lowest BCUT2D eigenvalue weighted by atomic mass is 10.1. The number of hydrogen-bond acceptors (Lipinski definition) is 2. The summed E-state index contributed by atoms with van der Waals surface area (Å²) in [6, 6.07) is 0. The minimum absolute atomic E-state index is 0.730. The number of nitrogens with zero attached hydrogens (tertiary/aromatic N) is 2. The van der Waals surface area contributed by atoms with Crippen LogP contribution in [0.25, 0.3) is 0 Å². The minimum Gasteiger partial charge on any atom is -0.380 e. The molecule has 74 valence electrons. The highest BCUT2D eigenvalue weighted by molar-refractivity contribution is 4.73. The number of rotatable bonds is 6. The Bertz CT molecular complexity index is 207. The van der Waals surface area contributed by atoms with Crippen LogP contribution in [-0.4, -0.2) is 22.8 Å². The topological polar surface area (TPSA) is 27.1 Å². The molecule has 0 bridgehead atoms. The summed E-state index contributed by atoms with van der Waals surface area (Å²) in [5.74, 6) is 0.730. The average Bonchev–Trinajstić information content (AvgIpc) is 2.55. The lowest BCUT2D eigenvalue weighted by Gasteiger charge is -2.06. The Morgan fingerprint density at radius 2 is 2.23 bits per heavy atom. The fourth-order valence-electron chi connectivity index (χ4n) is 1.01. The molecule has 1 aromatic rings. The van der Waals surface area contributed by atoms with Crippen LogP contribution in [0.1, 0.15) is 20.3 Å². The molecule has 0 aliphatic heterocycles. The van der Waals surface area contributed by atoms with Gasteiger partial charge in [-0.2, -0.15) is 0 Å². The lowest BCUT2D eigenvalue weighted by Crippen LogP contribution is -2.06. The second-order valence-corrected chi connectivity index (χ2v) is 3.60. The molecule has 0 atom stereocenters. The Hall–Kier alpha value is -0.830. The highest BCUT2D eigenvalue weighted by atomic mass is 16.5. The minimum atomic E-state index is 0.730. The van der Waals surface area contributed by atoms with E-state index >= 15 is 0 Å².